The largest absolute Gasteiger partial charge is 0.496 e. The van der Waals surface area contributed by atoms with Gasteiger partial charge >= 0.3 is 5.97 Å². The number of non-ortho nitro benzene ring substituents is 1. The summed E-state index contributed by atoms with van der Waals surface area (Å²) in [5.41, 5.74) is -0.164. The summed E-state index contributed by atoms with van der Waals surface area (Å²) in [6.07, 6.45) is -0.188. The molecule has 8 nitrogen and oxygen atoms in total. The number of esters is 1. The first kappa shape index (κ1) is 20.7. The highest BCUT2D eigenvalue weighted by atomic mass is 19.2. The molecule has 1 atom stereocenters. The quantitative estimate of drug-likeness (QED) is 0.439. The number of amides is 1. The molecule has 148 valence electrons. The molecule has 0 aromatic heterocycles. The van der Waals surface area contributed by atoms with E-state index in [0.29, 0.717) is 6.07 Å². The van der Waals surface area contributed by atoms with Gasteiger partial charge in [-0.15, -0.1) is 0 Å². The van der Waals surface area contributed by atoms with Crippen molar-refractivity contribution in [1.82, 2.24) is 5.32 Å². The monoisotopic (exact) mass is 394 g/mol. The molecule has 2 aromatic carbocycles. The number of benzene rings is 2. The maximum Gasteiger partial charge on any atom is 0.328 e. The van der Waals surface area contributed by atoms with Crippen molar-refractivity contribution < 1.29 is 32.8 Å². The molecule has 0 aliphatic heterocycles. The van der Waals surface area contributed by atoms with Gasteiger partial charge in [0.2, 0.25) is 0 Å². The topological polar surface area (TPSA) is 108 Å². The Morgan fingerprint density at radius 1 is 1.14 bits per heavy atom. The normalized spacial score (nSPS) is 11.4. The molecular weight excluding hydrogens is 378 g/mol. The Balaban J connectivity index is 2.30. The Bertz CT molecular complexity index is 919. The van der Waals surface area contributed by atoms with Crippen LogP contribution >= 0.6 is 0 Å². The minimum absolute atomic E-state index is 0.188. The van der Waals surface area contributed by atoms with E-state index in [1.54, 1.807) is 0 Å². The molecule has 1 amide bonds. The highest BCUT2D eigenvalue weighted by Gasteiger charge is 2.25. The van der Waals surface area contributed by atoms with Crippen LogP contribution < -0.4 is 10.1 Å². The van der Waals surface area contributed by atoms with Crippen LogP contribution in [0.25, 0.3) is 0 Å². The van der Waals surface area contributed by atoms with Gasteiger partial charge in [0, 0.05) is 29.7 Å². The fraction of sp³-hybridized carbons (Fsp3) is 0.222. The summed E-state index contributed by atoms with van der Waals surface area (Å²) in [4.78, 5) is 34.8. The zero-order valence-electron chi connectivity index (χ0n) is 14.9. The van der Waals surface area contributed by atoms with Crippen LogP contribution in [0.3, 0.4) is 0 Å². The number of nitro benzene ring substituents is 1. The minimum Gasteiger partial charge on any atom is -0.496 e. The van der Waals surface area contributed by atoms with Gasteiger partial charge in [0.15, 0.2) is 11.6 Å². The number of nitrogens with one attached hydrogen (secondary N) is 1. The second kappa shape index (κ2) is 8.89. The number of carbonyl (C=O) groups is 2. The molecule has 2 rings (SSSR count). The van der Waals surface area contributed by atoms with Crippen molar-refractivity contribution in [1.29, 1.82) is 0 Å². The molecule has 2 aromatic rings. The van der Waals surface area contributed by atoms with Gasteiger partial charge in [-0.3, -0.25) is 14.9 Å². The number of nitro groups is 1. The molecule has 0 unspecified atom stereocenters. The Morgan fingerprint density at radius 2 is 1.86 bits per heavy atom. The summed E-state index contributed by atoms with van der Waals surface area (Å²) >= 11 is 0. The zero-order valence-corrected chi connectivity index (χ0v) is 14.9. The average Bonchev–Trinajstić information content (AvgIpc) is 2.68. The van der Waals surface area contributed by atoms with E-state index in [4.69, 9.17) is 4.74 Å². The summed E-state index contributed by atoms with van der Waals surface area (Å²) in [5.74, 6) is -3.75. The molecule has 0 aliphatic rings. The van der Waals surface area contributed by atoms with Crippen LogP contribution in [0.2, 0.25) is 0 Å². The van der Waals surface area contributed by atoms with Gasteiger partial charge < -0.3 is 14.8 Å². The van der Waals surface area contributed by atoms with Crippen molar-refractivity contribution in [2.75, 3.05) is 14.2 Å². The Morgan fingerprint density at radius 3 is 2.43 bits per heavy atom. The van der Waals surface area contributed by atoms with Crippen LogP contribution in [0, 0.1) is 21.7 Å². The highest BCUT2D eigenvalue weighted by Crippen LogP contribution is 2.25. The standard InChI is InChI=1S/C18H16F2N2O6/c1-27-16-6-4-12(22(25)26)7-11(16)9-15(18(24)28-2)21-17(23)10-3-5-13(19)14(20)8-10/h3-8,15H,9H2,1-2H3,(H,21,23)/t15-/m1/s1. The molecule has 0 saturated carbocycles. The van der Waals surface area contributed by atoms with Crippen LogP contribution in [0.15, 0.2) is 36.4 Å². The third-order valence-corrected chi connectivity index (χ3v) is 3.87. The van der Waals surface area contributed by atoms with Gasteiger partial charge in [0.1, 0.15) is 11.8 Å². The first-order valence-corrected chi connectivity index (χ1v) is 7.91. The van der Waals surface area contributed by atoms with Crippen molar-refractivity contribution in [3.63, 3.8) is 0 Å². The molecule has 0 saturated heterocycles. The zero-order chi connectivity index (χ0) is 20.8. The Labute approximate surface area is 158 Å². The fourth-order valence-corrected chi connectivity index (χ4v) is 2.47. The molecule has 1 N–H and O–H groups in total. The molecule has 0 bridgehead atoms. The second-order valence-electron chi connectivity index (χ2n) is 5.64. The van der Waals surface area contributed by atoms with Gasteiger partial charge in [0.25, 0.3) is 11.6 Å². The van der Waals surface area contributed by atoms with Crippen LogP contribution in [0.1, 0.15) is 15.9 Å². The highest BCUT2D eigenvalue weighted by molar-refractivity contribution is 5.96. The van der Waals surface area contributed by atoms with E-state index < -0.39 is 34.5 Å². The van der Waals surface area contributed by atoms with Crippen molar-refractivity contribution in [3.8, 4) is 5.75 Å². The summed E-state index contributed by atoms with van der Waals surface area (Å²) in [6.45, 7) is 0. The lowest BCUT2D eigenvalue weighted by Gasteiger charge is -2.18. The predicted molar refractivity (Wildman–Crippen MR) is 93.0 cm³/mol. The molecule has 10 heteroatoms. The summed E-state index contributed by atoms with van der Waals surface area (Å²) in [6, 6.07) is 5.07. The van der Waals surface area contributed by atoms with E-state index in [1.165, 1.54) is 25.3 Å². The molecule has 0 heterocycles. The van der Waals surface area contributed by atoms with E-state index in [9.17, 15) is 28.5 Å². The third kappa shape index (κ3) is 4.78. The van der Waals surface area contributed by atoms with E-state index in [2.05, 4.69) is 10.1 Å². The number of methoxy groups -OCH3 is 2. The Kier molecular flexibility index (Phi) is 6.59. The SMILES string of the molecule is COC(=O)[C@@H](Cc1cc([N+](=O)[O-])ccc1OC)NC(=O)c1ccc(F)c(F)c1. The third-order valence-electron chi connectivity index (χ3n) is 3.87. The number of hydrogen-bond donors (Lipinski definition) is 1. The number of ether oxygens (including phenoxy) is 2. The molecule has 0 fully saturated rings. The summed E-state index contributed by atoms with van der Waals surface area (Å²) < 4.78 is 36.2. The lowest BCUT2D eigenvalue weighted by atomic mass is 10.0. The minimum atomic E-state index is -1.25. The van der Waals surface area contributed by atoms with Gasteiger partial charge in [-0.25, -0.2) is 13.6 Å². The van der Waals surface area contributed by atoms with Crippen molar-refractivity contribution in [2.45, 2.75) is 12.5 Å². The van der Waals surface area contributed by atoms with Gasteiger partial charge in [-0.2, -0.15) is 0 Å². The van der Waals surface area contributed by atoms with Gasteiger partial charge in [-0.1, -0.05) is 0 Å². The van der Waals surface area contributed by atoms with Crippen LogP contribution in [-0.4, -0.2) is 37.1 Å². The van der Waals surface area contributed by atoms with Crippen molar-refractivity contribution in [2.24, 2.45) is 0 Å². The number of rotatable bonds is 7. The van der Waals surface area contributed by atoms with Crippen molar-refractivity contribution in [3.05, 3.63) is 69.3 Å². The first-order chi connectivity index (χ1) is 13.3. The predicted octanol–water partition coefficient (Wildman–Crippen LogP) is 2.40. The molecule has 0 aliphatic carbocycles. The smallest absolute Gasteiger partial charge is 0.328 e. The van der Waals surface area contributed by atoms with Crippen LogP contribution in [0.5, 0.6) is 5.75 Å². The number of hydrogen-bond acceptors (Lipinski definition) is 6. The van der Waals surface area contributed by atoms with E-state index in [-0.39, 0.29) is 29.0 Å². The van der Waals surface area contributed by atoms with Crippen LogP contribution in [0.4, 0.5) is 14.5 Å². The maximum atomic E-state index is 13.3. The number of nitrogens with zero attached hydrogens (tertiary/aromatic N) is 1. The molecule has 28 heavy (non-hydrogen) atoms. The fourth-order valence-electron chi connectivity index (χ4n) is 2.47. The average molecular weight is 394 g/mol. The van der Waals surface area contributed by atoms with E-state index in [0.717, 1.165) is 19.2 Å². The lowest BCUT2D eigenvalue weighted by Crippen LogP contribution is -2.43. The van der Waals surface area contributed by atoms with E-state index in [1.807, 2.05) is 0 Å². The first-order valence-electron chi connectivity index (χ1n) is 7.91. The van der Waals surface area contributed by atoms with Crippen molar-refractivity contribution >= 4 is 17.6 Å². The van der Waals surface area contributed by atoms with E-state index >= 15 is 0 Å². The molecule has 0 radical (unpaired) electrons. The van der Waals surface area contributed by atoms with Crippen LogP contribution in [-0.2, 0) is 16.0 Å². The maximum absolute atomic E-state index is 13.3. The van der Waals surface area contributed by atoms with Gasteiger partial charge in [-0.05, 0) is 24.3 Å². The Hall–Kier alpha value is -3.56. The summed E-state index contributed by atoms with van der Waals surface area (Å²) in [5, 5.41) is 13.3. The lowest BCUT2D eigenvalue weighted by molar-refractivity contribution is -0.384. The number of halogens is 2. The summed E-state index contributed by atoms with van der Waals surface area (Å²) in [7, 11) is 2.45. The molecular formula is C18H16F2N2O6. The number of carbonyl (C=O) groups excluding carboxylic acids is 2. The second-order valence-corrected chi connectivity index (χ2v) is 5.64. The van der Waals surface area contributed by atoms with Gasteiger partial charge in [0.05, 0.1) is 19.1 Å². The molecule has 0 spiro atoms.